The number of benzene rings is 2. The van der Waals surface area contributed by atoms with Crippen molar-refractivity contribution in [3.05, 3.63) is 53.6 Å². The van der Waals surface area contributed by atoms with E-state index >= 15 is 0 Å². The number of aromatic nitrogens is 1. The van der Waals surface area contributed by atoms with Crippen LogP contribution in [0.4, 0.5) is 5.13 Å². The van der Waals surface area contributed by atoms with E-state index in [9.17, 15) is 13.5 Å². The fourth-order valence-electron chi connectivity index (χ4n) is 4.08. The number of anilines is 1. The number of nitrogens with zero attached hydrogens (tertiary/aromatic N) is 2. The van der Waals surface area contributed by atoms with Crippen molar-refractivity contribution >= 4 is 36.7 Å². The summed E-state index contributed by atoms with van der Waals surface area (Å²) in [6, 6.07) is 13.9. The average molecular weight is 458 g/mol. The Morgan fingerprint density at radius 1 is 1.06 bits per heavy atom. The highest BCUT2D eigenvalue weighted by atomic mass is 32.2. The van der Waals surface area contributed by atoms with Gasteiger partial charge in [-0.05, 0) is 67.3 Å². The van der Waals surface area contributed by atoms with Crippen molar-refractivity contribution in [2.45, 2.75) is 55.6 Å². The van der Waals surface area contributed by atoms with Crippen LogP contribution in [0, 0.1) is 0 Å². The molecule has 1 saturated heterocycles. The zero-order chi connectivity index (χ0) is 21.4. The summed E-state index contributed by atoms with van der Waals surface area (Å²) >= 11 is 1.47. The van der Waals surface area contributed by atoms with Gasteiger partial charge >= 0.3 is 0 Å². The van der Waals surface area contributed by atoms with Crippen LogP contribution in [0.2, 0.25) is 0 Å². The number of hydrogen-bond donors (Lipinski definition) is 2. The Labute approximate surface area is 187 Å². The minimum atomic E-state index is -3.57. The van der Waals surface area contributed by atoms with Crippen LogP contribution in [0.5, 0.6) is 0 Å². The number of hydrogen-bond acceptors (Lipinski definition) is 6. The van der Waals surface area contributed by atoms with E-state index in [2.05, 4.69) is 34.6 Å². The fourth-order valence-corrected chi connectivity index (χ4v) is 6.58. The molecule has 0 amide bonds. The maximum atomic E-state index is 13.1. The number of aliphatic hydroxyl groups is 1. The van der Waals surface area contributed by atoms with E-state index in [0.717, 1.165) is 21.3 Å². The Morgan fingerprint density at radius 2 is 1.87 bits per heavy atom. The van der Waals surface area contributed by atoms with Gasteiger partial charge in [0.05, 0.1) is 21.2 Å². The standard InChI is InChI=1S/C23H27N3O3S2/c27-19-2-1-12-26(13-11-19)31(28,29)20-9-10-21-22(14-20)30-23(25-21)24-15-16-3-5-17(6-4-16)18-7-8-18/h3-6,9-10,14,18-19,27H,1-2,7-8,11-13,15H2,(H,24,25). The molecule has 1 aromatic heterocycles. The van der Waals surface area contributed by atoms with Gasteiger partial charge in [-0.3, -0.25) is 0 Å². The molecule has 31 heavy (non-hydrogen) atoms. The van der Waals surface area contributed by atoms with E-state index < -0.39 is 16.1 Å². The zero-order valence-corrected chi connectivity index (χ0v) is 19.0. The predicted molar refractivity (Wildman–Crippen MR) is 124 cm³/mol. The summed E-state index contributed by atoms with van der Waals surface area (Å²) in [5.74, 6) is 0.760. The van der Waals surface area contributed by atoms with Crippen molar-refractivity contribution in [1.82, 2.24) is 9.29 Å². The molecule has 1 aliphatic carbocycles. The summed E-state index contributed by atoms with van der Waals surface area (Å²) in [6.45, 7) is 1.50. The average Bonchev–Trinajstić information content (AvgIpc) is 3.56. The van der Waals surface area contributed by atoms with Gasteiger partial charge in [0, 0.05) is 19.6 Å². The summed E-state index contributed by atoms with van der Waals surface area (Å²) in [6.07, 6.45) is 4.01. The zero-order valence-electron chi connectivity index (χ0n) is 17.3. The number of rotatable bonds is 6. The van der Waals surface area contributed by atoms with Crippen molar-refractivity contribution in [2.24, 2.45) is 0 Å². The van der Waals surface area contributed by atoms with E-state index in [-0.39, 0.29) is 0 Å². The lowest BCUT2D eigenvalue weighted by Gasteiger charge is -2.19. The number of thiazole rings is 1. The van der Waals surface area contributed by atoms with Crippen LogP contribution in [0.25, 0.3) is 10.2 Å². The summed E-state index contributed by atoms with van der Waals surface area (Å²) < 4.78 is 28.5. The smallest absolute Gasteiger partial charge is 0.243 e. The molecule has 1 saturated carbocycles. The van der Waals surface area contributed by atoms with Gasteiger partial charge in [0.25, 0.3) is 0 Å². The lowest BCUT2D eigenvalue weighted by atomic mass is 10.1. The van der Waals surface area contributed by atoms with E-state index in [4.69, 9.17) is 0 Å². The molecule has 164 valence electrons. The van der Waals surface area contributed by atoms with Gasteiger partial charge in [-0.2, -0.15) is 4.31 Å². The molecule has 8 heteroatoms. The first kappa shape index (κ1) is 20.9. The molecular formula is C23H27N3O3S2. The van der Waals surface area contributed by atoms with E-state index in [1.54, 1.807) is 18.2 Å². The first-order valence-corrected chi connectivity index (χ1v) is 13.2. The number of fused-ring (bicyclic) bond motifs is 1. The topological polar surface area (TPSA) is 82.5 Å². The summed E-state index contributed by atoms with van der Waals surface area (Å²) in [5, 5.41) is 14.0. The number of nitrogens with one attached hydrogen (secondary N) is 1. The molecule has 2 aromatic carbocycles. The molecule has 0 radical (unpaired) electrons. The summed E-state index contributed by atoms with van der Waals surface area (Å²) in [4.78, 5) is 4.90. The van der Waals surface area contributed by atoms with Crippen LogP contribution in [-0.4, -0.2) is 42.0 Å². The largest absolute Gasteiger partial charge is 0.393 e. The van der Waals surface area contributed by atoms with Gasteiger partial charge in [0.1, 0.15) is 0 Å². The Kier molecular flexibility index (Phi) is 5.73. The van der Waals surface area contributed by atoms with Crippen LogP contribution >= 0.6 is 11.3 Å². The second-order valence-electron chi connectivity index (χ2n) is 8.51. The van der Waals surface area contributed by atoms with Crippen LogP contribution < -0.4 is 5.32 Å². The van der Waals surface area contributed by atoms with Crippen LogP contribution in [0.3, 0.4) is 0 Å². The first-order valence-electron chi connectivity index (χ1n) is 10.9. The molecule has 2 heterocycles. The molecule has 0 spiro atoms. The van der Waals surface area contributed by atoms with Gasteiger partial charge in [0.15, 0.2) is 5.13 Å². The quantitative estimate of drug-likeness (QED) is 0.576. The van der Waals surface area contributed by atoms with Crippen LogP contribution in [-0.2, 0) is 16.6 Å². The molecule has 1 unspecified atom stereocenters. The lowest BCUT2D eigenvalue weighted by Crippen LogP contribution is -2.32. The third-order valence-corrected chi connectivity index (χ3v) is 9.00. The fraction of sp³-hybridized carbons (Fsp3) is 0.435. The van der Waals surface area contributed by atoms with Gasteiger partial charge in [0.2, 0.25) is 10.0 Å². The molecule has 3 aromatic rings. The van der Waals surface area contributed by atoms with E-state index in [1.807, 2.05) is 0 Å². The molecule has 6 nitrogen and oxygen atoms in total. The monoisotopic (exact) mass is 457 g/mol. The van der Waals surface area contributed by atoms with Crippen LogP contribution in [0.15, 0.2) is 47.4 Å². The SMILES string of the molecule is O=S(=O)(c1ccc2nc(NCc3ccc(C4CC4)cc3)sc2c1)N1CCCC(O)CC1. The molecule has 0 bridgehead atoms. The predicted octanol–water partition coefficient (Wildman–Crippen LogP) is 4.32. The highest BCUT2D eigenvalue weighted by molar-refractivity contribution is 7.89. The molecule has 5 rings (SSSR count). The summed E-state index contributed by atoms with van der Waals surface area (Å²) in [7, 11) is -3.57. The Hall–Kier alpha value is -2.00. The summed E-state index contributed by atoms with van der Waals surface area (Å²) in [5.41, 5.74) is 3.42. The molecular weight excluding hydrogens is 430 g/mol. The van der Waals surface area contributed by atoms with Crippen molar-refractivity contribution in [3.8, 4) is 0 Å². The minimum absolute atomic E-state index is 0.294. The van der Waals surface area contributed by atoms with Crippen molar-refractivity contribution < 1.29 is 13.5 Å². The molecule has 1 atom stereocenters. The van der Waals surface area contributed by atoms with Gasteiger partial charge in [-0.1, -0.05) is 35.6 Å². The Balaban J connectivity index is 1.30. The molecule has 2 fully saturated rings. The third kappa shape index (κ3) is 4.62. The van der Waals surface area contributed by atoms with Gasteiger partial charge in [-0.15, -0.1) is 0 Å². The van der Waals surface area contributed by atoms with Crippen molar-refractivity contribution in [2.75, 3.05) is 18.4 Å². The number of aliphatic hydroxyl groups excluding tert-OH is 1. The third-order valence-electron chi connectivity index (χ3n) is 6.13. The Morgan fingerprint density at radius 3 is 2.65 bits per heavy atom. The number of sulfonamides is 1. The lowest BCUT2D eigenvalue weighted by molar-refractivity contribution is 0.159. The Bertz CT molecular complexity index is 1170. The maximum Gasteiger partial charge on any atom is 0.243 e. The second-order valence-corrected chi connectivity index (χ2v) is 11.5. The molecule has 2 aliphatic rings. The first-order chi connectivity index (χ1) is 15.0. The minimum Gasteiger partial charge on any atom is -0.393 e. The van der Waals surface area contributed by atoms with Gasteiger partial charge < -0.3 is 10.4 Å². The molecule has 1 aliphatic heterocycles. The van der Waals surface area contributed by atoms with Crippen molar-refractivity contribution in [3.63, 3.8) is 0 Å². The second kappa shape index (κ2) is 8.50. The highest BCUT2D eigenvalue weighted by Gasteiger charge is 2.27. The van der Waals surface area contributed by atoms with Crippen LogP contribution in [0.1, 0.15) is 49.1 Å². The van der Waals surface area contributed by atoms with Crippen molar-refractivity contribution in [1.29, 1.82) is 0 Å². The molecule has 2 N–H and O–H groups in total. The maximum absolute atomic E-state index is 13.1. The highest BCUT2D eigenvalue weighted by Crippen LogP contribution is 2.40. The van der Waals surface area contributed by atoms with E-state index in [0.29, 0.717) is 43.8 Å². The normalized spacial score (nSPS) is 20.6. The van der Waals surface area contributed by atoms with E-state index in [1.165, 1.54) is 39.6 Å². The van der Waals surface area contributed by atoms with Gasteiger partial charge in [-0.25, -0.2) is 13.4 Å².